The van der Waals surface area contributed by atoms with Crippen LogP contribution in [0.25, 0.3) is 0 Å². The smallest absolute Gasteiger partial charge is 0.184 e. The number of hydrogen-bond acceptors (Lipinski definition) is 3. The molecule has 1 saturated carbocycles. The molecule has 1 spiro atoms. The molecule has 0 radical (unpaired) electrons. The molecule has 1 unspecified atom stereocenters. The van der Waals surface area contributed by atoms with Crippen LogP contribution in [0, 0.1) is 5.92 Å². The molecule has 92 valence electrons. The van der Waals surface area contributed by atoms with Gasteiger partial charge in [0.1, 0.15) is 5.69 Å². The molecule has 0 bridgehead atoms. The van der Waals surface area contributed by atoms with E-state index in [1.54, 1.807) is 10.9 Å². The van der Waals surface area contributed by atoms with Gasteiger partial charge in [0.25, 0.3) is 0 Å². The lowest BCUT2D eigenvalue weighted by molar-refractivity contribution is -0.137. The van der Waals surface area contributed by atoms with Gasteiger partial charge in [-0.15, -0.1) is 0 Å². The molecule has 1 aromatic rings. The molecule has 2 heterocycles. The van der Waals surface area contributed by atoms with E-state index in [2.05, 4.69) is 5.10 Å². The Kier molecular flexibility index (Phi) is 2.54. The molecule has 1 aliphatic carbocycles. The number of carbonyl (C=O) groups is 1. The van der Waals surface area contributed by atoms with Gasteiger partial charge < -0.3 is 4.74 Å². The van der Waals surface area contributed by atoms with Gasteiger partial charge >= 0.3 is 0 Å². The minimum Gasteiger partial charge on any atom is -0.375 e. The van der Waals surface area contributed by atoms with E-state index in [0.717, 1.165) is 38.0 Å². The van der Waals surface area contributed by atoms with Crippen LogP contribution in [0.1, 0.15) is 42.6 Å². The van der Waals surface area contributed by atoms with Gasteiger partial charge in [-0.25, -0.2) is 0 Å². The number of ether oxygens (including phenoxy) is 1. The van der Waals surface area contributed by atoms with E-state index in [4.69, 9.17) is 4.74 Å². The van der Waals surface area contributed by atoms with Gasteiger partial charge in [-0.05, 0) is 38.2 Å². The SMILES string of the molecule is Cn1nccc1C(=O)C1CCOC2(CCC2)C1. The molecule has 2 fully saturated rings. The lowest BCUT2D eigenvalue weighted by atomic mass is 9.71. The number of nitrogens with zero attached hydrogens (tertiary/aromatic N) is 2. The first-order valence-corrected chi connectivity index (χ1v) is 6.36. The van der Waals surface area contributed by atoms with E-state index >= 15 is 0 Å². The molecule has 0 N–H and O–H groups in total. The van der Waals surface area contributed by atoms with E-state index in [0.29, 0.717) is 0 Å². The van der Waals surface area contributed by atoms with Crippen molar-refractivity contribution in [2.75, 3.05) is 6.61 Å². The van der Waals surface area contributed by atoms with Crippen molar-refractivity contribution < 1.29 is 9.53 Å². The number of rotatable bonds is 2. The van der Waals surface area contributed by atoms with Crippen molar-refractivity contribution in [2.45, 2.75) is 37.7 Å². The van der Waals surface area contributed by atoms with Gasteiger partial charge in [0.2, 0.25) is 0 Å². The van der Waals surface area contributed by atoms with E-state index in [1.807, 2.05) is 13.1 Å². The van der Waals surface area contributed by atoms with Crippen LogP contribution in [-0.2, 0) is 11.8 Å². The molecule has 0 aromatic carbocycles. The van der Waals surface area contributed by atoms with Crippen molar-refractivity contribution in [3.05, 3.63) is 18.0 Å². The topological polar surface area (TPSA) is 44.1 Å². The summed E-state index contributed by atoms with van der Waals surface area (Å²) in [7, 11) is 1.83. The maximum Gasteiger partial charge on any atom is 0.184 e. The second kappa shape index (κ2) is 3.95. The fraction of sp³-hybridized carbons (Fsp3) is 0.692. The standard InChI is InChI=1S/C13H18N2O2/c1-15-11(3-7-14-15)12(16)10-4-8-17-13(9-10)5-2-6-13/h3,7,10H,2,4-6,8-9H2,1H3. The van der Waals surface area contributed by atoms with Crippen LogP contribution in [0.5, 0.6) is 0 Å². The Balaban J connectivity index is 1.76. The fourth-order valence-electron chi connectivity index (χ4n) is 3.00. The van der Waals surface area contributed by atoms with Gasteiger partial charge in [0.15, 0.2) is 5.78 Å². The van der Waals surface area contributed by atoms with E-state index in [9.17, 15) is 4.79 Å². The molecule has 1 aliphatic heterocycles. The zero-order chi connectivity index (χ0) is 11.9. The molecule has 1 aromatic heterocycles. The maximum absolute atomic E-state index is 12.4. The van der Waals surface area contributed by atoms with Gasteiger partial charge in [-0.3, -0.25) is 9.48 Å². The highest BCUT2D eigenvalue weighted by molar-refractivity contribution is 5.96. The summed E-state index contributed by atoms with van der Waals surface area (Å²) in [5.74, 6) is 0.360. The van der Waals surface area contributed by atoms with Crippen molar-refractivity contribution in [1.29, 1.82) is 0 Å². The maximum atomic E-state index is 12.4. The third kappa shape index (κ3) is 1.80. The van der Waals surface area contributed by atoms with E-state index < -0.39 is 0 Å². The third-order valence-electron chi connectivity index (χ3n) is 4.20. The normalized spacial score (nSPS) is 26.8. The minimum atomic E-state index is 0.0389. The van der Waals surface area contributed by atoms with Crippen LogP contribution in [0.4, 0.5) is 0 Å². The van der Waals surface area contributed by atoms with Crippen molar-refractivity contribution in [3.63, 3.8) is 0 Å². The lowest BCUT2D eigenvalue weighted by Gasteiger charge is -2.46. The lowest BCUT2D eigenvalue weighted by Crippen LogP contribution is -2.47. The van der Waals surface area contributed by atoms with E-state index in [-0.39, 0.29) is 17.3 Å². The molecule has 3 rings (SSSR count). The fourth-order valence-corrected chi connectivity index (χ4v) is 3.00. The molecule has 1 saturated heterocycles. The van der Waals surface area contributed by atoms with Crippen LogP contribution >= 0.6 is 0 Å². The van der Waals surface area contributed by atoms with Crippen LogP contribution < -0.4 is 0 Å². The third-order valence-corrected chi connectivity index (χ3v) is 4.20. The highest BCUT2D eigenvalue weighted by Gasteiger charge is 2.44. The molecule has 4 heteroatoms. The van der Waals surface area contributed by atoms with Crippen LogP contribution in [0.2, 0.25) is 0 Å². The first-order chi connectivity index (χ1) is 8.20. The van der Waals surface area contributed by atoms with Crippen LogP contribution in [-0.4, -0.2) is 27.8 Å². The summed E-state index contributed by atoms with van der Waals surface area (Å²) in [4.78, 5) is 12.4. The summed E-state index contributed by atoms with van der Waals surface area (Å²) in [6, 6.07) is 1.81. The zero-order valence-electron chi connectivity index (χ0n) is 10.2. The summed E-state index contributed by atoms with van der Waals surface area (Å²) in [5.41, 5.74) is 0.767. The Hall–Kier alpha value is -1.16. The van der Waals surface area contributed by atoms with Gasteiger partial charge in [-0.2, -0.15) is 5.10 Å². The minimum absolute atomic E-state index is 0.0389. The number of ketones is 1. The quantitative estimate of drug-likeness (QED) is 0.735. The Morgan fingerprint density at radius 2 is 2.41 bits per heavy atom. The van der Waals surface area contributed by atoms with Crippen molar-refractivity contribution in [1.82, 2.24) is 9.78 Å². The molecule has 1 atom stereocenters. The first-order valence-electron chi connectivity index (χ1n) is 6.36. The van der Waals surface area contributed by atoms with Gasteiger partial charge in [0.05, 0.1) is 5.60 Å². The predicted octanol–water partition coefficient (Wildman–Crippen LogP) is 1.95. The van der Waals surface area contributed by atoms with Crippen molar-refractivity contribution >= 4 is 5.78 Å². The largest absolute Gasteiger partial charge is 0.375 e. The second-order valence-electron chi connectivity index (χ2n) is 5.28. The Morgan fingerprint density at radius 1 is 1.59 bits per heavy atom. The Bertz CT molecular complexity index is 434. The molecule has 17 heavy (non-hydrogen) atoms. The predicted molar refractivity (Wildman–Crippen MR) is 62.8 cm³/mol. The Morgan fingerprint density at radius 3 is 3.00 bits per heavy atom. The average molecular weight is 234 g/mol. The molecular formula is C13H18N2O2. The number of Topliss-reactive ketones (excluding diaryl/α,β-unsaturated/α-hetero) is 1. The Labute approximate surface area is 101 Å². The highest BCUT2D eigenvalue weighted by atomic mass is 16.5. The second-order valence-corrected chi connectivity index (χ2v) is 5.28. The molecule has 2 aliphatic rings. The number of carbonyl (C=O) groups excluding carboxylic acids is 1. The van der Waals surface area contributed by atoms with Crippen LogP contribution in [0.15, 0.2) is 12.3 Å². The zero-order valence-corrected chi connectivity index (χ0v) is 10.2. The number of aromatic nitrogens is 2. The highest BCUT2D eigenvalue weighted by Crippen LogP contribution is 2.44. The number of hydrogen-bond donors (Lipinski definition) is 0. The van der Waals surface area contributed by atoms with E-state index in [1.165, 1.54) is 6.42 Å². The summed E-state index contributed by atoms with van der Waals surface area (Å²) in [5, 5.41) is 4.07. The van der Waals surface area contributed by atoms with Gasteiger partial charge in [-0.1, -0.05) is 0 Å². The molecular weight excluding hydrogens is 216 g/mol. The van der Waals surface area contributed by atoms with Crippen molar-refractivity contribution in [2.24, 2.45) is 13.0 Å². The monoisotopic (exact) mass is 234 g/mol. The molecule has 4 nitrogen and oxygen atoms in total. The summed E-state index contributed by atoms with van der Waals surface area (Å²) in [6.07, 6.45) is 6.94. The average Bonchev–Trinajstić information content (AvgIpc) is 2.73. The summed E-state index contributed by atoms with van der Waals surface area (Å²) in [6.45, 7) is 0.730. The number of aryl methyl sites for hydroxylation is 1. The first kappa shape index (κ1) is 11.0. The summed E-state index contributed by atoms with van der Waals surface area (Å²) >= 11 is 0. The van der Waals surface area contributed by atoms with Crippen molar-refractivity contribution in [3.8, 4) is 0 Å². The van der Waals surface area contributed by atoms with Gasteiger partial charge in [0, 0.05) is 25.8 Å². The van der Waals surface area contributed by atoms with Crippen LogP contribution in [0.3, 0.4) is 0 Å². The molecule has 0 amide bonds. The summed E-state index contributed by atoms with van der Waals surface area (Å²) < 4.78 is 7.53.